The molecule has 31 heavy (non-hydrogen) atoms. The van der Waals surface area contributed by atoms with Crippen LogP contribution in [0.2, 0.25) is 0 Å². The van der Waals surface area contributed by atoms with Gasteiger partial charge in [-0.2, -0.15) is 0 Å². The highest BCUT2D eigenvalue weighted by Crippen LogP contribution is 2.28. The topological polar surface area (TPSA) is 97.0 Å². The first-order valence-electron chi connectivity index (χ1n) is 9.59. The van der Waals surface area contributed by atoms with Crippen LogP contribution in [-0.4, -0.2) is 27.2 Å². The molecule has 4 rings (SSSR count). The summed E-state index contributed by atoms with van der Waals surface area (Å²) in [4.78, 5) is 28.0. The van der Waals surface area contributed by atoms with Gasteiger partial charge in [-0.1, -0.05) is 52.9 Å². The number of H-pyrrole nitrogens is 1. The van der Waals surface area contributed by atoms with E-state index in [0.717, 1.165) is 16.8 Å². The summed E-state index contributed by atoms with van der Waals surface area (Å²) >= 11 is 2.72. The number of rotatable bonds is 7. The summed E-state index contributed by atoms with van der Waals surface area (Å²) < 4.78 is 6.31. The average molecular weight is 453 g/mol. The van der Waals surface area contributed by atoms with Gasteiger partial charge >= 0.3 is 0 Å². The van der Waals surface area contributed by atoms with Gasteiger partial charge in [-0.3, -0.25) is 14.9 Å². The van der Waals surface area contributed by atoms with Crippen LogP contribution in [0.3, 0.4) is 0 Å². The number of carbonyl (C=O) groups excluding carboxylic acids is 1. The summed E-state index contributed by atoms with van der Waals surface area (Å²) in [6, 6.07) is 16.5. The first-order chi connectivity index (χ1) is 15.0. The summed E-state index contributed by atoms with van der Waals surface area (Å²) in [5.74, 6) is 0.860. The molecule has 0 spiro atoms. The number of nitrogens with one attached hydrogen (secondary N) is 2. The van der Waals surface area contributed by atoms with Crippen molar-refractivity contribution in [2.75, 3.05) is 5.32 Å². The second kappa shape index (κ2) is 9.32. The lowest BCUT2D eigenvalue weighted by atomic mass is 10.1. The molecule has 2 heterocycles. The van der Waals surface area contributed by atoms with Gasteiger partial charge in [0.05, 0.1) is 0 Å². The Morgan fingerprint density at radius 3 is 2.81 bits per heavy atom. The second-order valence-electron chi connectivity index (χ2n) is 6.93. The van der Waals surface area contributed by atoms with Gasteiger partial charge in [-0.05, 0) is 38.1 Å². The first kappa shape index (κ1) is 21.1. The number of benzene rings is 2. The molecule has 4 aromatic rings. The Balaban J connectivity index is 1.36. The van der Waals surface area contributed by atoms with E-state index >= 15 is 0 Å². The van der Waals surface area contributed by atoms with E-state index in [1.54, 1.807) is 25.1 Å². The predicted molar refractivity (Wildman–Crippen MR) is 124 cm³/mol. The van der Waals surface area contributed by atoms with Crippen molar-refractivity contribution in [3.63, 3.8) is 0 Å². The third-order valence-electron chi connectivity index (χ3n) is 4.45. The van der Waals surface area contributed by atoms with Gasteiger partial charge in [-0.15, -0.1) is 10.2 Å². The van der Waals surface area contributed by atoms with Crippen LogP contribution >= 0.6 is 23.1 Å². The van der Waals surface area contributed by atoms with E-state index in [-0.39, 0.29) is 11.3 Å². The number of aromatic amines is 1. The number of para-hydroxylation sites is 1. The summed E-state index contributed by atoms with van der Waals surface area (Å²) in [5.41, 5.74) is 2.65. The number of thioether (sulfide) groups is 1. The molecular weight excluding hydrogens is 432 g/mol. The van der Waals surface area contributed by atoms with Gasteiger partial charge in [0.1, 0.15) is 5.75 Å². The van der Waals surface area contributed by atoms with Crippen molar-refractivity contribution in [2.45, 2.75) is 30.0 Å². The minimum Gasteiger partial charge on any atom is -0.481 e. The Morgan fingerprint density at radius 1 is 1.19 bits per heavy atom. The fraction of sp³-hybridized carbons (Fsp3) is 0.182. The zero-order valence-corrected chi connectivity index (χ0v) is 18.5. The summed E-state index contributed by atoms with van der Waals surface area (Å²) in [5, 5.41) is 11.9. The highest BCUT2D eigenvalue weighted by atomic mass is 32.2. The van der Waals surface area contributed by atoms with Gasteiger partial charge in [0, 0.05) is 28.4 Å². The van der Waals surface area contributed by atoms with Crippen molar-refractivity contribution in [3.05, 3.63) is 76.1 Å². The number of aryl methyl sites for hydroxylation is 1. The Hall–Kier alpha value is -3.17. The number of nitrogens with zero attached hydrogens (tertiary/aromatic N) is 2. The minimum atomic E-state index is -0.672. The highest BCUT2D eigenvalue weighted by molar-refractivity contribution is 8.00. The normalized spacial score (nSPS) is 11.9. The van der Waals surface area contributed by atoms with Gasteiger partial charge in [0.25, 0.3) is 5.91 Å². The molecule has 9 heteroatoms. The number of carbonyl (C=O) groups is 1. The van der Waals surface area contributed by atoms with Crippen LogP contribution < -0.4 is 15.5 Å². The molecule has 0 radical (unpaired) electrons. The first-order valence-corrected chi connectivity index (χ1v) is 11.4. The third kappa shape index (κ3) is 5.31. The quantitative estimate of drug-likeness (QED) is 0.319. The standard InChI is InChI=1S/C22H20N4O3S2/c1-13-8-9-18-17(10-13)19(27)11-15(23-18)12-30-22-26-25-21(31-22)24-20(28)14(2)29-16-6-4-3-5-7-16/h3-11,14H,12H2,1-2H3,(H,23,27)(H,24,25,28)/t14-/m1/s1. The maximum atomic E-state index is 12.4. The molecular formula is C22H20N4O3S2. The molecule has 2 aromatic carbocycles. The smallest absolute Gasteiger partial charge is 0.266 e. The summed E-state index contributed by atoms with van der Waals surface area (Å²) in [6.07, 6.45) is -0.672. The van der Waals surface area contributed by atoms with Crippen molar-refractivity contribution in [1.29, 1.82) is 0 Å². The van der Waals surface area contributed by atoms with E-state index in [1.165, 1.54) is 23.1 Å². The van der Waals surface area contributed by atoms with Crippen LogP contribution in [-0.2, 0) is 10.5 Å². The maximum Gasteiger partial charge on any atom is 0.266 e. The number of hydrogen-bond acceptors (Lipinski definition) is 7. The highest BCUT2D eigenvalue weighted by Gasteiger charge is 2.17. The van der Waals surface area contributed by atoms with E-state index in [4.69, 9.17) is 4.74 Å². The molecule has 7 nitrogen and oxygen atoms in total. The lowest BCUT2D eigenvalue weighted by Gasteiger charge is -2.13. The Labute approximate surface area is 186 Å². The lowest BCUT2D eigenvalue weighted by Crippen LogP contribution is -2.30. The molecule has 2 N–H and O–H groups in total. The van der Waals surface area contributed by atoms with Crippen LogP contribution in [0, 0.1) is 6.92 Å². The van der Waals surface area contributed by atoms with Crippen molar-refractivity contribution in [2.24, 2.45) is 0 Å². The van der Waals surface area contributed by atoms with E-state index in [1.807, 2.05) is 43.3 Å². The summed E-state index contributed by atoms with van der Waals surface area (Å²) in [7, 11) is 0. The largest absolute Gasteiger partial charge is 0.481 e. The van der Waals surface area contributed by atoms with Crippen molar-refractivity contribution in [3.8, 4) is 5.75 Å². The molecule has 0 unspecified atom stereocenters. The van der Waals surface area contributed by atoms with Crippen LogP contribution in [0.5, 0.6) is 5.75 Å². The molecule has 1 atom stereocenters. The molecule has 2 aromatic heterocycles. The van der Waals surface area contributed by atoms with Gasteiger partial charge in [0.2, 0.25) is 5.13 Å². The van der Waals surface area contributed by atoms with Crippen molar-refractivity contribution >= 4 is 45.0 Å². The Kier molecular flexibility index (Phi) is 6.34. The van der Waals surface area contributed by atoms with Crippen LogP contribution in [0.4, 0.5) is 5.13 Å². The number of anilines is 1. The SMILES string of the molecule is Cc1ccc2[nH]c(CSc3nnc(NC(=O)[C@@H](C)Oc4ccccc4)s3)cc(=O)c2c1. The number of fused-ring (bicyclic) bond motifs is 1. The van der Waals surface area contributed by atoms with Gasteiger partial charge in [-0.25, -0.2) is 0 Å². The van der Waals surface area contributed by atoms with E-state index in [9.17, 15) is 9.59 Å². The number of amides is 1. The molecule has 0 bridgehead atoms. The van der Waals surface area contributed by atoms with Crippen LogP contribution in [0.15, 0.2) is 63.7 Å². The molecule has 0 aliphatic heterocycles. The minimum absolute atomic E-state index is 0.00864. The fourth-order valence-corrected chi connectivity index (χ4v) is 4.58. The number of aromatic nitrogens is 3. The molecule has 0 aliphatic rings. The zero-order chi connectivity index (χ0) is 21.8. The van der Waals surface area contributed by atoms with Gasteiger partial charge in [0.15, 0.2) is 15.9 Å². The van der Waals surface area contributed by atoms with Crippen LogP contribution in [0.25, 0.3) is 10.9 Å². The van der Waals surface area contributed by atoms with E-state index in [2.05, 4.69) is 20.5 Å². The van der Waals surface area contributed by atoms with Crippen LogP contribution in [0.1, 0.15) is 18.2 Å². The third-order valence-corrected chi connectivity index (χ3v) is 6.47. The van der Waals surface area contributed by atoms with Crippen molar-refractivity contribution in [1.82, 2.24) is 15.2 Å². The summed E-state index contributed by atoms with van der Waals surface area (Å²) in [6.45, 7) is 3.64. The number of pyridine rings is 1. The Morgan fingerprint density at radius 2 is 2.00 bits per heavy atom. The van der Waals surface area contributed by atoms with E-state index < -0.39 is 6.10 Å². The second-order valence-corrected chi connectivity index (χ2v) is 9.13. The Bertz CT molecular complexity index is 1270. The lowest BCUT2D eigenvalue weighted by molar-refractivity contribution is -0.122. The van der Waals surface area contributed by atoms with Crippen molar-refractivity contribution < 1.29 is 9.53 Å². The number of ether oxygens (including phenoxy) is 1. The molecule has 0 saturated carbocycles. The monoisotopic (exact) mass is 452 g/mol. The van der Waals surface area contributed by atoms with E-state index in [0.29, 0.717) is 26.4 Å². The predicted octanol–water partition coefficient (Wildman–Crippen LogP) is 4.39. The maximum absolute atomic E-state index is 12.4. The average Bonchev–Trinajstić information content (AvgIpc) is 3.21. The molecule has 0 fully saturated rings. The van der Waals surface area contributed by atoms with Gasteiger partial charge < -0.3 is 9.72 Å². The molecule has 0 saturated heterocycles. The zero-order valence-electron chi connectivity index (χ0n) is 16.9. The molecule has 0 aliphatic carbocycles. The fourth-order valence-electron chi connectivity index (χ4n) is 2.92. The number of hydrogen-bond donors (Lipinski definition) is 2. The molecule has 158 valence electrons. The molecule has 1 amide bonds.